The van der Waals surface area contributed by atoms with E-state index in [4.69, 9.17) is 11.0 Å². The number of rotatable bonds is 5. The van der Waals surface area contributed by atoms with Gasteiger partial charge in [0.15, 0.2) is 0 Å². The van der Waals surface area contributed by atoms with Crippen LogP contribution in [0.5, 0.6) is 0 Å². The van der Waals surface area contributed by atoms with Crippen molar-refractivity contribution in [2.45, 2.75) is 32.2 Å². The van der Waals surface area contributed by atoms with Crippen LogP contribution in [0.2, 0.25) is 0 Å². The molecule has 1 amide bonds. The first-order chi connectivity index (χ1) is 6.11. The first kappa shape index (κ1) is 11.9. The molecule has 1 atom stereocenters. The van der Waals surface area contributed by atoms with Gasteiger partial charge in [-0.3, -0.25) is 4.79 Å². The van der Waals surface area contributed by atoms with E-state index in [2.05, 4.69) is 0 Å². The summed E-state index contributed by atoms with van der Waals surface area (Å²) in [7, 11) is 1.70. The lowest BCUT2D eigenvalue weighted by atomic mass is 10.1. The first-order valence-corrected chi connectivity index (χ1v) is 4.48. The van der Waals surface area contributed by atoms with Crippen LogP contribution in [0.25, 0.3) is 0 Å². The molecule has 0 radical (unpaired) electrons. The molecule has 0 aromatic rings. The van der Waals surface area contributed by atoms with E-state index in [0.717, 1.165) is 6.42 Å². The molecular formula is C9H17N3O. The zero-order chi connectivity index (χ0) is 10.3. The van der Waals surface area contributed by atoms with E-state index in [9.17, 15) is 4.79 Å². The molecule has 0 saturated carbocycles. The van der Waals surface area contributed by atoms with Crippen molar-refractivity contribution in [2.24, 2.45) is 5.73 Å². The topological polar surface area (TPSA) is 70.1 Å². The van der Waals surface area contributed by atoms with Crippen LogP contribution in [0.3, 0.4) is 0 Å². The zero-order valence-electron chi connectivity index (χ0n) is 8.29. The molecule has 0 fully saturated rings. The van der Waals surface area contributed by atoms with Crippen LogP contribution in [0.4, 0.5) is 0 Å². The largest absolute Gasteiger partial charge is 0.345 e. The number of nitrogens with two attached hydrogens (primary N) is 1. The highest BCUT2D eigenvalue weighted by Crippen LogP contribution is 1.98. The van der Waals surface area contributed by atoms with Gasteiger partial charge >= 0.3 is 0 Å². The van der Waals surface area contributed by atoms with Crippen LogP contribution in [-0.4, -0.2) is 30.4 Å². The van der Waals surface area contributed by atoms with Crippen molar-refractivity contribution in [3.8, 4) is 6.07 Å². The average molecular weight is 183 g/mol. The van der Waals surface area contributed by atoms with Gasteiger partial charge in [-0.2, -0.15) is 5.26 Å². The molecular weight excluding hydrogens is 166 g/mol. The minimum Gasteiger partial charge on any atom is -0.345 e. The van der Waals surface area contributed by atoms with Gasteiger partial charge in [0.25, 0.3) is 0 Å². The maximum atomic E-state index is 11.4. The summed E-state index contributed by atoms with van der Waals surface area (Å²) in [5, 5.41) is 8.31. The van der Waals surface area contributed by atoms with Crippen molar-refractivity contribution in [1.29, 1.82) is 5.26 Å². The predicted molar refractivity (Wildman–Crippen MR) is 50.8 cm³/mol. The molecule has 2 N–H and O–H groups in total. The molecule has 4 nitrogen and oxygen atoms in total. The summed E-state index contributed by atoms with van der Waals surface area (Å²) in [4.78, 5) is 12.9. The third kappa shape index (κ3) is 5.21. The number of nitrogens with zero attached hydrogens (tertiary/aromatic N) is 2. The van der Waals surface area contributed by atoms with E-state index in [0.29, 0.717) is 19.4 Å². The maximum absolute atomic E-state index is 11.4. The Labute approximate surface area is 79.3 Å². The summed E-state index contributed by atoms with van der Waals surface area (Å²) >= 11 is 0. The van der Waals surface area contributed by atoms with Crippen molar-refractivity contribution in [3.63, 3.8) is 0 Å². The van der Waals surface area contributed by atoms with Crippen LogP contribution in [0.15, 0.2) is 0 Å². The quantitative estimate of drug-likeness (QED) is 0.674. The summed E-state index contributed by atoms with van der Waals surface area (Å²) in [5.74, 6) is 0.0181. The van der Waals surface area contributed by atoms with Crippen LogP contribution < -0.4 is 5.73 Å². The summed E-state index contributed by atoms with van der Waals surface area (Å²) in [6, 6.07) is 1.94. The average Bonchev–Trinajstić information content (AvgIpc) is 2.13. The lowest BCUT2D eigenvalue weighted by Crippen LogP contribution is -2.33. The molecule has 0 aliphatic carbocycles. The minimum absolute atomic E-state index is 0.0181. The van der Waals surface area contributed by atoms with E-state index in [1.807, 2.05) is 13.0 Å². The molecule has 1 unspecified atom stereocenters. The number of nitriles is 1. The van der Waals surface area contributed by atoms with Gasteiger partial charge in [-0.1, -0.05) is 6.92 Å². The molecule has 0 spiro atoms. The van der Waals surface area contributed by atoms with Crippen molar-refractivity contribution >= 4 is 5.91 Å². The van der Waals surface area contributed by atoms with Gasteiger partial charge in [0.2, 0.25) is 5.91 Å². The second kappa shape index (κ2) is 6.44. The fraction of sp³-hybridized carbons (Fsp3) is 0.778. The molecule has 0 aromatic carbocycles. The molecule has 13 heavy (non-hydrogen) atoms. The third-order valence-electron chi connectivity index (χ3n) is 1.95. The Kier molecular flexibility index (Phi) is 5.90. The number of amides is 1. The van der Waals surface area contributed by atoms with Crippen molar-refractivity contribution in [2.75, 3.05) is 13.6 Å². The molecule has 0 aliphatic rings. The minimum atomic E-state index is -0.0583. The van der Waals surface area contributed by atoms with Crippen molar-refractivity contribution < 1.29 is 4.79 Å². The Morgan fingerprint density at radius 3 is 2.77 bits per heavy atom. The molecule has 0 aliphatic heterocycles. The zero-order valence-corrected chi connectivity index (χ0v) is 8.29. The monoisotopic (exact) mass is 183 g/mol. The molecule has 0 saturated heterocycles. The molecule has 74 valence electrons. The Bertz CT molecular complexity index is 198. The van der Waals surface area contributed by atoms with Gasteiger partial charge in [-0.05, 0) is 6.42 Å². The fourth-order valence-electron chi connectivity index (χ4n) is 0.867. The van der Waals surface area contributed by atoms with Gasteiger partial charge < -0.3 is 10.6 Å². The summed E-state index contributed by atoms with van der Waals surface area (Å²) in [6.07, 6.45) is 1.56. The highest BCUT2D eigenvalue weighted by Gasteiger charge is 2.11. The third-order valence-corrected chi connectivity index (χ3v) is 1.95. The van der Waals surface area contributed by atoms with Crippen LogP contribution >= 0.6 is 0 Å². The van der Waals surface area contributed by atoms with Crippen LogP contribution in [0.1, 0.15) is 26.2 Å². The number of hydrogen-bond donors (Lipinski definition) is 1. The van der Waals surface area contributed by atoms with Gasteiger partial charge in [-0.15, -0.1) is 0 Å². The van der Waals surface area contributed by atoms with Crippen LogP contribution in [0, 0.1) is 11.3 Å². The Balaban J connectivity index is 3.76. The molecule has 0 heterocycles. The van der Waals surface area contributed by atoms with E-state index < -0.39 is 0 Å². The maximum Gasteiger partial charge on any atom is 0.223 e. The van der Waals surface area contributed by atoms with Gasteiger partial charge in [0.05, 0.1) is 12.5 Å². The Morgan fingerprint density at radius 1 is 1.69 bits per heavy atom. The van der Waals surface area contributed by atoms with Gasteiger partial charge in [0.1, 0.15) is 0 Å². The smallest absolute Gasteiger partial charge is 0.223 e. The lowest BCUT2D eigenvalue weighted by molar-refractivity contribution is -0.130. The molecule has 0 aromatic heterocycles. The first-order valence-electron chi connectivity index (χ1n) is 4.48. The van der Waals surface area contributed by atoms with E-state index in [1.165, 1.54) is 0 Å². The molecule has 0 bridgehead atoms. The van der Waals surface area contributed by atoms with E-state index in [-0.39, 0.29) is 11.9 Å². The summed E-state index contributed by atoms with van der Waals surface area (Å²) in [6.45, 7) is 2.44. The number of carbonyl (C=O) groups excluding carboxylic acids is 1. The van der Waals surface area contributed by atoms with Crippen molar-refractivity contribution in [3.05, 3.63) is 0 Å². The second-order valence-electron chi connectivity index (χ2n) is 3.10. The normalized spacial score (nSPS) is 11.8. The Morgan fingerprint density at radius 2 is 2.31 bits per heavy atom. The number of carbonyl (C=O) groups is 1. The Hall–Kier alpha value is -1.08. The van der Waals surface area contributed by atoms with Crippen molar-refractivity contribution in [1.82, 2.24) is 4.90 Å². The SMILES string of the molecule is CCC(N)CC(=O)N(C)CCC#N. The van der Waals surface area contributed by atoms with E-state index in [1.54, 1.807) is 11.9 Å². The lowest BCUT2D eigenvalue weighted by Gasteiger charge is -2.17. The molecule has 4 heteroatoms. The summed E-state index contributed by atoms with van der Waals surface area (Å²) < 4.78 is 0. The van der Waals surface area contributed by atoms with Gasteiger partial charge in [-0.25, -0.2) is 0 Å². The number of hydrogen-bond acceptors (Lipinski definition) is 3. The fourth-order valence-corrected chi connectivity index (χ4v) is 0.867. The molecule has 0 rings (SSSR count). The highest BCUT2D eigenvalue weighted by atomic mass is 16.2. The predicted octanol–water partition coefficient (Wildman–Crippen LogP) is 0.486. The standard InChI is InChI=1S/C9H17N3O/c1-3-8(11)7-9(13)12(2)6-4-5-10/h8H,3-4,6-7,11H2,1-2H3. The van der Waals surface area contributed by atoms with Gasteiger partial charge in [0, 0.05) is 26.1 Å². The van der Waals surface area contributed by atoms with Crippen LogP contribution in [-0.2, 0) is 4.79 Å². The highest BCUT2D eigenvalue weighted by molar-refractivity contribution is 5.76. The second-order valence-corrected chi connectivity index (χ2v) is 3.10. The summed E-state index contributed by atoms with van der Waals surface area (Å²) in [5.41, 5.74) is 5.63. The van der Waals surface area contributed by atoms with E-state index >= 15 is 0 Å².